The highest BCUT2D eigenvalue weighted by atomic mass is 31.1. The minimum atomic E-state index is 0.392. The van der Waals surface area contributed by atoms with E-state index in [1.807, 2.05) is 0 Å². The summed E-state index contributed by atoms with van der Waals surface area (Å²) in [7, 11) is 0.392. The summed E-state index contributed by atoms with van der Waals surface area (Å²) < 4.78 is 0. The summed E-state index contributed by atoms with van der Waals surface area (Å²) in [5.74, 6) is 1.15. The fourth-order valence-corrected chi connectivity index (χ4v) is 9.12. The zero-order chi connectivity index (χ0) is 12.9. The molecule has 0 heterocycles. The standard InChI is InChI=1S/C18H33P/c1-3-11-17(12-4-1)19(15-16-9-7-8-10-16)18-13-5-2-6-14-18/h16-18H,1-15H2. The van der Waals surface area contributed by atoms with Gasteiger partial charge in [-0.05, 0) is 49.1 Å². The third-order valence-corrected chi connectivity index (χ3v) is 9.88. The molecule has 0 nitrogen and oxygen atoms in total. The maximum atomic E-state index is 1.69. The lowest BCUT2D eigenvalue weighted by Gasteiger charge is -2.40. The van der Waals surface area contributed by atoms with Gasteiger partial charge in [-0.2, -0.15) is 0 Å². The molecule has 1 heteroatoms. The van der Waals surface area contributed by atoms with Gasteiger partial charge in [0.25, 0.3) is 0 Å². The Bertz CT molecular complexity index is 226. The number of hydrogen-bond acceptors (Lipinski definition) is 0. The molecule has 0 aromatic heterocycles. The van der Waals surface area contributed by atoms with Crippen LogP contribution in [0.15, 0.2) is 0 Å². The van der Waals surface area contributed by atoms with Gasteiger partial charge >= 0.3 is 0 Å². The average Bonchev–Trinajstić information content (AvgIpc) is 3.00. The van der Waals surface area contributed by atoms with Crippen LogP contribution in [-0.4, -0.2) is 17.5 Å². The predicted octanol–water partition coefficient (Wildman–Crippen LogP) is 6.32. The molecule has 110 valence electrons. The zero-order valence-corrected chi connectivity index (χ0v) is 13.7. The average molecular weight is 280 g/mol. The summed E-state index contributed by atoms with van der Waals surface area (Å²) in [4.78, 5) is 0. The van der Waals surface area contributed by atoms with E-state index in [0.717, 1.165) is 5.92 Å². The zero-order valence-electron chi connectivity index (χ0n) is 12.8. The van der Waals surface area contributed by atoms with Crippen LogP contribution in [0.3, 0.4) is 0 Å². The monoisotopic (exact) mass is 280 g/mol. The van der Waals surface area contributed by atoms with Crippen LogP contribution in [0, 0.1) is 5.92 Å². The van der Waals surface area contributed by atoms with E-state index in [9.17, 15) is 0 Å². The minimum Gasteiger partial charge on any atom is -0.100 e. The van der Waals surface area contributed by atoms with Crippen LogP contribution in [0.4, 0.5) is 0 Å². The molecule has 0 aromatic rings. The molecule has 0 bridgehead atoms. The molecule has 3 fully saturated rings. The first kappa shape index (κ1) is 14.4. The normalized spacial score (nSPS) is 28.3. The molecule has 0 aromatic carbocycles. The van der Waals surface area contributed by atoms with Crippen molar-refractivity contribution in [2.75, 3.05) is 6.16 Å². The fraction of sp³-hybridized carbons (Fsp3) is 1.00. The Morgan fingerprint density at radius 2 is 0.947 bits per heavy atom. The van der Waals surface area contributed by atoms with Crippen molar-refractivity contribution in [2.24, 2.45) is 5.92 Å². The molecule has 0 saturated heterocycles. The molecule has 19 heavy (non-hydrogen) atoms. The summed E-state index contributed by atoms with van der Waals surface area (Å²) in [5, 5.41) is 0. The third-order valence-electron chi connectivity index (χ3n) is 6.03. The van der Waals surface area contributed by atoms with Crippen molar-refractivity contribution in [2.45, 2.75) is 101 Å². The molecule has 0 unspecified atom stereocenters. The molecular weight excluding hydrogens is 247 g/mol. The second kappa shape index (κ2) is 7.44. The van der Waals surface area contributed by atoms with Gasteiger partial charge in [0.1, 0.15) is 0 Å². The number of rotatable bonds is 4. The molecule has 3 aliphatic carbocycles. The smallest absolute Gasteiger partial charge is 0.0207 e. The van der Waals surface area contributed by atoms with Crippen LogP contribution in [0.25, 0.3) is 0 Å². The lowest BCUT2D eigenvalue weighted by molar-refractivity contribution is 0.479. The van der Waals surface area contributed by atoms with Gasteiger partial charge in [0.05, 0.1) is 0 Å². The van der Waals surface area contributed by atoms with E-state index in [2.05, 4.69) is 0 Å². The van der Waals surface area contributed by atoms with Crippen molar-refractivity contribution >= 4 is 7.92 Å². The van der Waals surface area contributed by atoms with E-state index >= 15 is 0 Å². The van der Waals surface area contributed by atoms with E-state index in [1.54, 1.807) is 83.2 Å². The van der Waals surface area contributed by atoms with Gasteiger partial charge in [0, 0.05) is 0 Å². The Hall–Kier alpha value is 0.430. The van der Waals surface area contributed by atoms with Crippen molar-refractivity contribution in [1.29, 1.82) is 0 Å². The SMILES string of the molecule is C1CCC(P(CC2CCCC2)C2CCCCC2)CC1. The van der Waals surface area contributed by atoms with Gasteiger partial charge in [0.15, 0.2) is 0 Å². The molecule has 0 spiro atoms. The van der Waals surface area contributed by atoms with Gasteiger partial charge in [-0.15, -0.1) is 7.92 Å². The van der Waals surface area contributed by atoms with Gasteiger partial charge < -0.3 is 0 Å². The predicted molar refractivity (Wildman–Crippen MR) is 87.5 cm³/mol. The van der Waals surface area contributed by atoms with Crippen LogP contribution in [0.2, 0.25) is 0 Å². The Labute approximate surface area is 121 Å². The van der Waals surface area contributed by atoms with Crippen molar-refractivity contribution in [3.8, 4) is 0 Å². The van der Waals surface area contributed by atoms with Crippen LogP contribution in [0.1, 0.15) is 89.9 Å². The van der Waals surface area contributed by atoms with Crippen molar-refractivity contribution in [3.63, 3.8) is 0 Å². The number of hydrogen-bond donors (Lipinski definition) is 0. The highest BCUT2D eigenvalue weighted by Gasteiger charge is 2.33. The second-order valence-corrected chi connectivity index (χ2v) is 10.3. The summed E-state index contributed by atoms with van der Waals surface area (Å²) in [5.41, 5.74) is 2.37. The second-order valence-electron chi connectivity index (χ2n) is 7.43. The summed E-state index contributed by atoms with van der Waals surface area (Å²) >= 11 is 0. The third kappa shape index (κ3) is 3.96. The highest BCUT2D eigenvalue weighted by Crippen LogP contribution is 2.57. The molecule has 3 aliphatic rings. The highest BCUT2D eigenvalue weighted by molar-refractivity contribution is 7.59. The lowest BCUT2D eigenvalue weighted by atomic mass is 9.99. The van der Waals surface area contributed by atoms with E-state index in [1.165, 1.54) is 24.2 Å². The van der Waals surface area contributed by atoms with Crippen molar-refractivity contribution in [1.82, 2.24) is 0 Å². The molecule has 0 amide bonds. The van der Waals surface area contributed by atoms with E-state index in [0.29, 0.717) is 7.92 Å². The van der Waals surface area contributed by atoms with Crippen LogP contribution < -0.4 is 0 Å². The van der Waals surface area contributed by atoms with Crippen LogP contribution in [0.5, 0.6) is 0 Å². The van der Waals surface area contributed by atoms with Gasteiger partial charge in [0.2, 0.25) is 0 Å². The lowest BCUT2D eigenvalue weighted by Crippen LogP contribution is -2.23. The van der Waals surface area contributed by atoms with Crippen LogP contribution in [-0.2, 0) is 0 Å². The molecule has 0 N–H and O–H groups in total. The first-order chi connectivity index (χ1) is 9.43. The maximum absolute atomic E-state index is 1.69. The van der Waals surface area contributed by atoms with E-state index in [4.69, 9.17) is 0 Å². The van der Waals surface area contributed by atoms with E-state index < -0.39 is 0 Å². The van der Waals surface area contributed by atoms with Crippen molar-refractivity contribution in [3.05, 3.63) is 0 Å². The summed E-state index contributed by atoms with van der Waals surface area (Å²) in [6.45, 7) is 0. The first-order valence-corrected chi connectivity index (χ1v) is 10.9. The fourth-order valence-electron chi connectivity index (χ4n) is 4.91. The van der Waals surface area contributed by atoms with Gasteiger partial charge in [-0.1, -0.05) is 64.2 Å². The molecule has 0 aliphatic heterocycles. The summed E-state index contributed by atoms with van der Waals surface area (Å²) in [6.07, 6.45) is 23.7. The largest absolute Gasteiger partial charge is 0.100 e. The Balaban J connectivity index is 1.62. The van der Waals surface area contributed by atoms with Crippen molar-refractivity contribution < 1.29 is 0 Å². The molecule has 0 atom stereocenters. The summed E-state index contributed by atoms with van der Waals surface area (Å²) in [6, 6.07) is 0. The van der Waals surface area contributed by atoms with E-state index in [-0.39, 0.29) is 0 Å². The van der Waals surface area contributed by atoms with Crippen LogP contribution >= 0.6 is 7.92 Å². The minimum absolute atomic E-state index is 0.392. The Kier molecular flexibility index (Phi) is 5.63. The molecule has 0 radical (unpaired) electrons. The quantitative estimate of drug-likeness (QED) is 0.528. The first-order valence-electron chi connectivity index (χ1n) is 9.19. The topological polar surface area (TPSA) is 0 Å². The molecule has 3 saturated carbocycles. The maximum Gasteiger partial charge on any atom is -0.0207 e. The molecular formula is C18H33P. The van der Waals surface area contributed by atoms with Gasteiger partial charge in [-0.3, -0.25) is 0 Å². The van der Waals surface area contributed by atoms with Gasteiger partial charge in [-0.25, -0.2) is 0 Å². The Morgan fingerprint density at radius 3 is 1.42 bits per heavy atom. The Morgan fingerprint density at radius 1 is 0.526 bits per heavy atom. The molecule has 3 rings (SSSR count).